The smallest absolute Gasteiger partial charge is 0.270 e. The van der Waals surface area contributed by atoms with E-state index in [0.29, 0.717) is 21.5 Å². The van der Waals surface area contributed by atoms with Gasteiger partial charge in [0.1, 0.15) is 22.9 Å². The van der Waals surface area contributed by atoms with Crippen LogP contribution in [0.15, 0.2) is 46.4 Å². The van der Waals surface area contributed by atoms with Crippen LogP contribution < -0.4 is 19.7 Å². The number of hydrogen-bond acceptors (Lipinski definition) is 5. The number of thiocarbonyl (C=S) groups is 1. The predicted octanol–water partition coefficient (Wildman–Crippen LogP) is 3.44. The molecule has 0 saturated carbocycles. The van der Waals surface area contributed by atoms with Crippen LogP contribution >= 0.6 is 28.1 Å². The lowest BCUT2D eigenvalue weighted by Crippen LogP contribution is -2.54. The quantitative estimate of drug-likeness (QED) is 0.426. The molecule has 2 aromatic carbocycles. The monoisotopic (exact) mass is 464 g/mol. The Morgan fingerprint density at radius 1 is 1.14 bits per heavy atom. The van der Waals surface area contributed by atoms with Gasteiger partial charge in [0.25, 0.3) is 11.8 Å². The summed E-state index contributed by atoms with van der Waals surface area (Å²) in [7, 11) is 2.97. The Labute approximate surface area is 174 Å². The summed E-state index contributed by atoms with van der Waals surface area (Å²) >= 11 is 8.46. The number of ether oxygens (including phenoxy) is 2. The summed E-state index contributed by atoms with van der Waals surface area (Å²) in [6.07, 6.45) is 1.38. The van der Waals surface area contributed by atoms with Gasteiger partial charge >= 0.3 is 0 Å². The molecule has 1 aliphatic heterocycles. The maximum Gasteiger partial charge on any atom is 0.270 e. The van der Waals surface area contributed by atoms with Crippen LogP contribution in [0, 0.1) is 5.82 Å². The average molecular weight is 465 g/mol. The minimum atomic E-state index is -0.673. The third-order valence-electron chi connectivity index (χ3n) is 3.97. The molecule has 1 saturated heterocycles. The molecule has 1 N–H and O–H groups in total. The van der Waals surface area contributed by atoms with E-state index in [4.69, 9.17) is 21.7 Å². The fraction of sp³-hybridized carbons (Fsp3) is 0.105. The molecule has 0 spiro atoms. The van der Waals surface area contributed by atoms with Crippen LogP contribution in [0.2, 0.25) is 0 Å². The van der Waals surface area contributed by atoms with Crippen LogP contribution in [-0.4, -0.2) is 31.1 Å². The van der Waals surface area contributed by atoms with E-state index in [9.17, 15) is 14.0 Å². The maximum atomic E-state index is 13.6. The highest BCUT2D eigenvalue weighted by Crippen LogP contribution is 2.34. The molecule has 0 aliphatic carbocycles. The van der Waals surface area contributed by atoms with Crippen LogP contribution in [0.4, 0.5) is 10.1 Å². The second kappa shape index (κ2) is 8.07. The van der Waals surface area contributed by atoms with E-state index < -0.39 is 17.6 Å². The first-order valence-corrected chi connectivity index (χ1v) is 9.14. The standard InChI is InChI=1S/C19H14BrFN2O4S/c1-26-15-9-16(27-2)14(20)7-10(15)6-13-17(24)22-19(28)23(18(13)25)12-5-3-4-11(21)8-12/h3-9H,1-2H3,(H,22,24,28)/b13-6+. The summed E-state index contributed by atoms with van der Waals surface area (Å²) in [6, 6.07) is 8.65. The molecule has 9 heteroatoms. The van der Waals surface area contributed by atoms with E-state index in [-0.39, 0.29) is 16.4 Å². The van der Waals surface area contributed by atoms with Gasteiger partial charge in [-0.15, -0.1) is 0 Å². The molecule has 6 nitrogen and oxygen atoms in total. The van der Waals surface area contributed by atoms with Crippen molar-refractivity contribution in [1.82, 2.24) is 5.32 Å². The lowest BCUT2D eigenvalue weighted by Gasteiger charge is -2.29. The van der Waals surface area contributed by atoms with Crippen LogP contribution in [0.3, 0.4) is 0 Å². The number of carbonyl (C=O) groups excluding carboxylic acids is 2. The number of rotatable bonds is 4. The van der Waals surface area contributed by atoms with Crippen molar-refractivity contribution >= 4 is 56.8 Å². The third kappa shape index (κ3) is 3.76. The Morgan fingerprint density at radius 3 is 2.50 bits per heavy atom. The van der Waals surface area contributed by atoms with Gasteiger partial charge in [-0.3, -0.25) is 19.8 Å². The van der Waals surface area contributed by atoms with Gasteiger partial charge in [-0.05, 0) is 58.5 Å². The molecule has 0 radical (unpaired) electrons. The number of carbonyl (C=O) groups is 2. The Balaban J connectivity index is 2.08. The van der Waals surface area contributed by atoms with Gasteiger partial charge in [0.15, 0.2) is 5.11 Å². The SMILES string of the molecule is COc1cc(OC)c(/C=C2\C(=O)NC(=S)N(c3cccc(F)c3)C2=O)cc1Br. The summed E-state index contributed by atoms with van der Waals surface area (Å²) in [4.78, 5) is 26.5. The Bertz CT molecular complexity index is 1020. The topological polar surface area (TPSA) is 67.9 Å². The van der Waals surface area contributed by atoms with Crippen LogP contribution in [0.25, 0.3) is 6.08 Å². The minimum absolute atomic E-state index is 0.124. The molecule has 1 fully saturated rings. The van der Waals surface area contributed by atoms with E-state index in [1.165, 1.54) is 38.5 Å². The predicted molar refractivity (Wildman–Crippen MR) is 110 cm³/mol. The summed E-state index contributed by atoms with van der Waals surface area (Å²) in [5.74, 6) is -0.930. The van der Waals surface area contributed by atoms with Crippen molar-refractivity contribution < 1.29 is 23.5 Å². The van der Waals surface area contributed by atoms with Crippen LogP contribution in [0.1, 0.15) is 5.56 Å². The molecule has 0 aromatic heterocycles. The number of nitrogens with zero attached hydrogens (tertiary/aromatic N) is 1. The first kappa shape index (κ1) is 20.0. The van der Waals surface area contributed by atoms with E-state index in [2.05, 4.69) is 21.2 Å². The first-order chi connectivity index (χ1) is 13.3. The lowest BCUT2D eigenvalue weighted by molar-refractivity contribution is -0.122. The molecular formula is C19H14BrFN2O4S. The molecule has 2 aromatic rings. The molecule has 3 rings (SSSR count). The first-order valence-electron chi connectivity index (χ1n) is 7.94. The Kier molecular flexibility index (Phi) is 5.76. The molecule has 144 valence electrons. The summed E-state index contributed by atoms with van der Waals surface area (Å²) in [6.45, 7) is 0. The van der Waals surface area contributed by atoms with Crippen LogP contribution in [-0.2, 0) is 9.59 Å². The van der Waals surface area contributed by atoms with Gasteiger partial charge in [-0.2, -0.15) is 0 Å². The zero-order valence-corrected chi connectivity index (χ0v) is 17.2. The summed E-state index contributed by atoms with van der Waals surface area (Å²) < 4.78 is 24.8. The Hall–Kier alpha value is -2.78. The summed E-state index contributed by atoms with van der Waals surface area (Å²) in [5.41, 5.74) is 0.512. The molecular weight excluding hydrogens is 451 g/mol. The number of nitrogens with one attached hydrogen (secondary N) is 1. The van der Waals surface area contributed by atoms with Gasteiger partial charge in [0, 0.05) is 11.6 Å². The number of amides is 2. The van der Waals surface area contributed by atoms with Gasteiger partial charge < -0.3 is 9.47 Å². The largest absolute Gasteiger partial charge is 0.496 e. The Morgan fingerprint density at radius 2 is 1.86 bits per heavy atom. The van der Waals surface area contributed by atoms with Gasteiger partial charge in [-0.1, -0.05) is 6.07 Å². The highest BCUT2D eigenvalue weighted by Gasteiger charge is 2.34. The second-order valence-corrected chi connectivity index (χ2v) is 6.91. The zero-order valence-electron chi connectivity index (χ0n) is 14.8. The lowest BCUT2D eigenvalue weighted by atomic mass is 10.1. The van der Waals surface area contributed by atoms with E-state index >= 15 is 0 Å². The maximum absolute atomic E-state index is 13.6. The van der Waals surface area contributed by atoms with Crippen molar-refractivity contribution in [3.05, 3.63) is 57.8 Å². The fourth-order valence-electron chi connectivity index (χ4n) is 2.66. The van der Waals surface area contributed by atoms with E-state index in [1.807, 2.05) is 0 Å². The molecule has 1 aliphatic rings. The van der Waals surface area contributed by atoms with Gasteiger partial charge in [0.05, 0.1) is 24.4 Å². The number of benzene rings is 2. The molecule has 0 unspecified atom stereocenters. The van der Waals surface area contributed by atoms with Crippen molar-refractivity contribution in [2.24, 2.45) is 0 Å². The molecule has 0 atom stereocenters. The normalized spacial score (nSPS) is 15.6. The minimum Gasteiger partial charge on any atom is -0.496 e. The van der Waals surface area contributed by atoms with Crippen molar-refractivity contribution in [3.8, 4) is 11.5 Å². The van der Waals surface area contributed by atoms with Crippen molar-refractivity contribution in [3.63, 3.8) is 0 Å². The number of halogens is 2. The van der Waals surface area contributed by atoms with Gasteiger partial charge in [0.2, 0.25) is 0 Å². The molecule has 1 heterocycles. The number of anilines is 1. The van der Waals surface area contributed by atoms with E-state index in [1.54, 1.807) is 12.1 Å². The second-order valence-electron chi connectivity index (χ2n) is 5.67. The number of hydrogen-bond donors (Lipinski definition) is 1. The molecule has 0 bridgehead atoms. The summed E-state index contributed by atoms with van der Waals surface area (Å²) in [5, 5.41) is 2.33. The van der Waals surface area contributed by atoms with Crippen molar-refractivity contribution in [1.29, 1.82) is 0 Å². The highest BCUT2D eigenvalue weighted by atomic mass is 79.9. The van der Waals surface area contributed by atoms with Crippen molar-refractivity contribution in [2.75, 3.05) is 19.1 Å². The third-order valence-corrected chi connectivity index (χ3v) is 4.88. The van der Waals surface area contributed by atoms with Gasteiger partial charge in [-0.25, -0.2) is 4.39 Å². The fourth-order valence-corrected chi connectivity index (χ4v) is 3.46. The van der Waals surface area contributed by atoms with E-state index in [0.717, 1.165) is 11.0 Å². The zero-order chi connectivity index (χ0) is 20.4. The number of methoxy groups -OCH3 is 2. The molecule has 28 heavy (non-hydrogen) atoms. The molecule has 2 amide bonds. The van der Waals surface area contributed by atoms with Crippen molar-refractivity contribution in [2.45, 2.75) is 0 Å². The average Bonchev–Trinajstić information content (AvgIpc) is 2.65. The van der Waals surface area contributed by atoms with Crippen LogP contribution in [0.5, 0.6) is 11.5 Å². The highest BCUT2D eigenvalue weighted by molar-refractivity contribution is 9.10.